The Kier molecular flexibility index (Phi) is 4.53. The molecule has 19 heavy (non-hydrogen) atoms. The molecule has 0 amide bonds. The lowest BCUT2D eigenvalue weighted by Crippen LogP contribution is -2.42. The van der Waals surface area contributed by atoms with Crippen molar-refractivity contribution in [2.45, 2.75) is 32.7 Å². The van der Waals surface area contributed by atoms with Crippen LogP contribution in [0.4, 0.5) is 4.39 Å². The Morgan fingerprint density at radius 3 is 2.68 bits per heavy atom. The second kappa shape index (κ2) is 5.97. The van der Waals surface area contributed by atoms with Crippen molar-refractivity contribution in [3.05, 3.63) is 29.8 Å². The summed E-state index contributed by atoms with van der Waals surface area (Å²) in [4.78, 5) is 6.51. The first kappa shape index (κ1) is 14.4. The summed E-state index contributed by atoms with van der Waals surface area (Å²) in [6.07, 6.45) is 3.73. The number of rotatable bonds is 4. The Balaban J connectivity index is 1.86. The fourth-order valence-electron chi connectivity index (χ4n) is 2.48. The smallest absolute Gasteiger partial charge is 0.141 e. The second-order valence-electron chi connectivity index (χ2n) is 6.12. The van der Waals surface area contributed by atoms with Gasteiger partial charge in [-0.3, -0.25) is 4.98 Å². The van der Waals surface area contributed by atoms with E-state index in [-0.39, 0.29) is 11.9 Å². The highest BCUT2D eigenvalue weighted by Crippen LogP contribution is 2.30. The third-order valence-electron chi connectivity index (χ3n) is 4.22. The van der Waals surface area contributed by atoms with Crippen LogP contribution in [0.1, 0.15) is 38.4 Å². The van der Waals surface area contributed by atoms with Gasteiger partial charge in [0.15, 0.2) is 0 Å². The molecule has 1 saturated heterocycles. The summed E-state index contributed by atoms with van der Waals surface area (Å²) >= 11 is 0. The zero-order valence-electron chi connectivity index (χ0n) is 12.1. The maximum absolute atomic E-state index is 12.8. The molecule has 1 unspecified atom stereocenters. The van der Waals surface area contributed by atoms with Gasteiger partial charge in [0.05, 0.1) is 11.9 Å². The van der Waals surface area contributed by atoms with Gasteiger partial charge < -0.3 is 10.2 Å². The molecule has 0 spiro atoms. The predicted molar refractivity (Wildman–Crippen MR) is 75.5 cm³/mol. The van der Waals surface area contributed by atoms with Gasteiger partial charge in [0, 0.05) is 12.6 Å². The molecule has 1 aromatic heterocycles. The molecule has 1 fully saturated rings. The van der Waals surface area contributed by atoms with Crippen molar-refractivity contribution < 1.29 is 4.39 Å². The number of nitrogens with zero attached hydrogens (tertiary/aromatic N) is 2. The first-order valence-corrected chi connectivity index (χ1v) is 7.02. The van der Waals surface area contributed by atoms with E-state index in [1.54, 1.807) is 6.07 Å². The molecule has 1 aromatic rings. The zero-order valence-corrected chi connectivity index (χ0v) is 12.1. The first-order chi connectivity index (χ1) is 8.98. The number of piperidine rings is 1. The number of pyridine rings is 1. The van der Waals surface area contributed by atoms with E-state index in [2.05, 4.69) is 36.1 Å². The fraction of sp³-hybridized carbons (Fsp3) is 0.667. The Morgan fingerprint density at radius 1 is 1.42 bits per heavy atom. The van der Waals surface area contributed by atoms with Gasteiger partial charge in [-0.1, -0.05) is 6.92 Å². The number of halogens is 1. The van der Waals surface area contributed by atoms with E-state index >= 15 is 0 Å². The van der Waals surface area contributed by atoms with Gasteiger partial charge in [-0.05, 0) is 57.5 Å². The Morgan fingerprint density at radius 2 is 2.11 bits per heavy atom. The molecule has 3 nitrogen and oxygen atoms in total. The molecule has 0 aromatic carbocycles. The third kappa shape index (κ3) is 3.98. The summed E-state index contributed by atoms with van der Waals surface area (Å²) in [5, 5.41) is 3.54. The fourth-order valence-corrected chi connectivity index (χ4v) is 2.48. The number of hydrogen-bond acceptors (Lipinski definition) is 3. The van der Waals surface area contributed by atoms with Gasteiger partial charge >= 0.3 is 0 Å². The molecular weight excluding hydrogens is 241 g/mol. The van der Waals surface area contributed by atoms with Crippen LogP contribution in [0.5, 0.6) is 0 Å². The van der Waals surface area contributed by atoms with E-state index in [1.165, 1.54) is 38.2 Å². The number of aromatic nitrogens is 1. The quantitative estimate of drug-likeness (QED) is 0.907. The third-order valence-corrected chi connectivity index (χ3v) is 4.22. The maximum atomic E-state index is 12.8. The van der Waals surface area contributed by atoms with Crippen LogP contribution >= 0.6 is 0 Å². The van der Waals surface area contributed by atoms with Crippen molar-refractivity contribution in [2.75, 3.05) is 26.7 Å². The minimum atomic E-state index is -0.279. The average molecular weight is 265 g/mol. The van der Waals surface area contributed by atoms with Crippen molar-refractivity contribution in [3.8, 4) is 0 Å². The topological polar surface area (TPSA) is 28.2 Å². The monoisotopic (exact) mass is 265 g/mol. The van der Waals surface area contributed by atoms with Gasteiger partial charge in [-0.2, -0.15) is 0 Å². The number of hydrogen-bond donors (Lipinski definition) is 1. The maximum Gasteiger partial charge on any atom is 0.141 e. The summed E-state index contributed by atoms with van der Waals surface area (Å²) in [5.41, 5.74) is 1.26. The highest BCUT2D eigenvalue weighted by Gasteiger charge is 2.29. The molecule has 0 aliphatic carbocycles. The van der Waals surface area contributed by atoms with Crippen LogP contribution < -0.4 is 5.32 Å². The largest absolute Gasteiger partial charge is 0.308 e. The van der Waals surface area contributed by atoms with Gasteiger partial charge in [0.1, 0.15) is 5.82 Å². The molecule has 0 saturated carbocycles. The van der Waals surface area contributed by atoms with E-state index in [1.807, 2.05) is 0 Å². The Hall–Kier alpha value is -1.00. The number of likely N-dealkylation sites (tertiary alicyclic amines) is 1. The van der Waals surface area contributed by atoms with Gasteiger partial charge in [0.25, 0.3) is 0 Å². The highest BCUT2D eigenvalue weighted by molar-refractivity contribution is 5.09. The molecule has 106 valence electrons. The van der Waals surface area contributed by atoms with E-state index in [0.717, 1.165) is 12.2 Å². The molecular formula is C15H24FN3. The molecule has 1 aliphatic rings. The lowest BCUT2D eigenvalue weighted by molar-refractivity contribution is 0.134. The Labute approximate surface area is 115 Å². The molecule has 2 heterocycles. The lowest BCUT2D eigenvalue weighted by atomic mass is 9.80. The van der Waals surface area contributed by atoms with Crippen LogP contribution in [-0.2, 0) is 0 Å². The van der Waals surface area contributed by atoms with E-state index in [4.69, 9.17) is 0 Å². The lowest BCUT2D eigenvalue weighted by Gasteiger charge is -2.38. The Bertz CT molecular complexity index is 396. The van der Waals surface area contributed by atoms with Crippen molar-refractivity contribution in [2.24, 2.45) is 5.41 Å². The molecule has 1 atom stereocenters. The molecule has 1 N–H and O–H groups in total. The number of nitrogens with one attached hydrogen (secondary N) is 1. The molecule has 2 rings (SSSR count). The van der Waals surface area contributed by atoms with Crippen molar-refractivity contribution in [3.63, 3.8) is 0 Å². The molecule has 0 bridgehead atoms. The van der Waals surface area contributed by atoms with Crippen LogP contribution in [0.2, 0.25) is 0 Å². The summed E-state index contributed by atoms with van der Waals surface area (Å²) in [6.45, 7) is 7.75. The van der Waals surface area contributed by atoms with Crippen LogP contribution in [-0.4, -0.2) is 36.6 Å². The summed E-state index contributed by atoms with van der Waals surface area (Å²) in [7, 11) is 2.18. The van der Waals surface area contributed by atoms with E-state index in [9.17, 15) is 4.39 Å². The molecule has 1 aliphatic heterocycles. The van der Waals surface area contributed by atoms with Gasteiger partial charge in [-0.15, -0.1) is 0 Å². The van der Waals surface area contributed by atoms with Crippen LogP contribution in [0.3, 0.4) is 0 Å². The minimum absolute atomic E-state index is 0.164. The highest BCUT2D eigenvalue weighted by atomic mass is 19.1. The van der Waals surface area contributed by atoms with Crippen LogP contribution in [0, 0.1) is 11.2 Å². The van der Waals surface area contributed by atoms with E-state index < -0.39 is 0 Å². The van der Waals surface area contributed by atoms with Gasteiger partial charge in [-0.25, -0.2) is 4.39 Å². The second-order valence-corrected chi connectivity index (χ2v) is 6.12. The minimum Gasteiger partial charge on any atom is -0.308 e. The summed E-state index contributed by atoms with van der Waals surface area (Å²) < 4.78 is 12.8. The van der Waals surface area contributed by atoms with Crippen molar-refractivity contribution in [1.29, 1.82) is 0 Å². The van der Waals surface area contributed by atoms with Crippen LogP contribution in [0.25, 0.3) is 0 Å². The zero-order chi connectivity index (χ0) is 13.9. The molecule has 4 heteroatoms. The first-order valence-electron chi connectivity index (χ1n) is 7.02. The summed E-state index contributed by atoms with van der Waals surface area (Å²) in [5.74, 6) is -0.279. The normalized spacial score (nSPS) is 21.3. The molecule has 0 radical (unpaired) electrons. The van der Waals surface area contributed by atoms with Crippen molar-refractivity contribution >= 4 is 0 Å². The van der Waals surface area contributed by atoms with Crippen LogP contribution in [0.15, 0.2) is 18.3 Å². The van der Waals surface area contributed by atoms with E-state index in [0.29, 0.717) is 5.41 Å². The summed E-state index contributed by atoms with van der Waals surface area (Å²) in [6, 6.07) is 3.39. The van der Waals surface area contributed by atoms with Crippen molar-refractivity contribution in [1.82, 2.24) is 15.2 Å². The SMILES string of the molecule is CC(NCC1(C)CCN(C)CC1)c1ccc(F)cn1. The standard InChI is InChI=1S/C15H24FN3/c1-12(14-5-4-13(16)10-17-14)18-11-15(2)6-8-19(3)9-7-15/h4-5,10,12,18H,6-9,11H2,1-3H3. The predicted octanol–water partition coefficient (Wildman–Crippen LogP) is 2.60. The van der Waals surface area contributed by atoms with Gasteiger partial charge in [0.2, 0.25) is 0 Å². The average Bonchev–Trinajstić information content (AvgIpc) is 2.41.